The van der Waals surface area contributed by atoms with Gasteiger partial charge in [-0.1, -0.05) is 30.3 Å². The van der Waals surface area contributed by atoms with Crippen LogP contribution in [0.1, 0.15) is 12.0 Å². The van der Waals surface area contributed by atoms with Crippen LogP contribution in [0.3, 0.4) is 0 Å². The van der Waals surface area contributed by atoms with Gasteiger partial charge < -0.3 is 20.9 Å². The van der Waals surface area contributed by atoms with Crippen molar-refractivity contribution in [2.24, 2.45) is 5.73 Å². The van der Waals surface area contributed by atoms with E-state index in [0.717, 1.165) is 17.3 Å². The Kier molecular flexibility index (Phi) is 8.49. The normalized spacial score (nSPS) is 11.9. The number of carbonyl (C=O) groups is 2. The van der Waals surface area contributed by atoms with Gasteiger partial charge in [0.05, 0.1) is 0 Å². The van der Waals surface area contributed by atoms with Gasteiger partial charge in [0.25, 0.3) is 0 Å². The minimum Gasteiger partial charge on any atom is -0.480 e. The lowest BCUT2D eigenvalue weighted by molar-refractivity contribution is -0.138. The molecule has 0 aliphatic carbocycles. The molecular formula is C14H20N2O4S. The van der Waals surface area contributed by atoms with Crippen molar-refractivity contribution in [2.75, 3.05) is 18.8 Å². The summed E-state index contributed by atoms with van der Waals surface area (Å²) in [5.74, 6) is -0.872. The monoisotopic (exact) mass is 312 g/mol. The Hall–Kier alpha value is -1.57. The average molecular weight is 312 g/mol. The first-order valence-corrected chi connectivity index (χ1v) is 7.61. The zero-order valence-electron chi connectivity index (χ0n) is 11.7. The van der Waals surface area contributed by atoms with Gasteiger partial charge in [-0.2, -0.15) is 0 Å². The van der Waals surface area contributed by atoms with Crippen molar-refractivity contribution in [3.05, 3.63) is 35.9 Å². The number of nitrogens with one attached hydrogen (secondary N) is 1. The van der Waals surface area contributed by atoms with Crippen LogP contribution < -0.4 is 11.1 Å². The van der Waals surface area contributed by atoms with E-state index in [1.54, 1.807) is 0 Å². The van der Waals surface area contributed by atoms with Crippen LogP contribution in [0, 0.1) is 0 Å². The van der Waals surface area contributed by atoms with Crippen LogP contribution in [-0.4, -0.2) is 41.3 Å². The van der Waals surface area contributed by atoms with Gasteiger partial charge in [-0.25, -0.2) is 4.79 Å². The van der Waals surface area contributed by atoms with Crippen molar-refractivity contribution in [1.29, 1.82) is 0 Å². The van der Waals surface area contributed by atoms with Crippen molar-refractivity contribution in [3.8, 4) is 0 Å². The number of benzene rings is 1. The highest BCUT2D eigenvalue weighted by Gasteiger charge is 2.18. The molecule has 4 N–H and O–H groups in total. The molecule has 1 atom stereocenters. The number of hydrogen-bond acceptors (Lipinski definition) is 6. The minimum absolute atomic E-state index is 0.119. The second-order valence-corrected chi connectivity index (χ2v) is 5.28. The van der Waals surface area contributed by atoms with Crippen LogP contribution in [0.25, 0.3) is 0 Å². The Morgan fingerprint density at radius 1 is 1.33 bits per heavy atom. The highest BCUT2D eigenvalue weighted by atomic mass is 32.2. The Morgan fingerprint density at radius 2 is 2.05 bits per heavy atom. The van der Waals surface area contributed by atoms with Gasteiger partial charge >= 0.3 is 11.3 Å². The quantitative estimate of drug-likeness (QED) is 0.468. The van der Waals surface area contributed by atoms with E-state index in [4.69, 9.17) is 15.6 Å². The van der Waals surface area contributed by atoms with Gasteiger partial charge in [0.1, 0.15) is 12.6 Å². The molecule has 0 fully saturated rings. The molecule has 0 spiro atoms. The van der Waals surface area contributed by atoms with Crippen molar-refractivity contribution in [2.45, 2.75) is 19.1 Å². The molecular weight excluding hydrogens is 292 g/mol. The molecule has 1 rings (SSSR count). The number of carbonyl (C=O) groups excluding carboxylic acids is 1. The van der Waals surface area contributed by atoms with Crippen LogP contribution in [0.5, 0.6) is 0 Å². The molecule has 1 aromatic rings. The number of carboxylic acid groups (broad SMARTS) is 1. The second kappa shape index (κ2) is 10.2. The summed E-state index contributed by atoms with van der Waals surface area (Å²) in [7, 11) is 0. The lowest BCUT2D eigenvalue weighted by Gasteiger charge is -2.13. The highest BCUT2D eigenvalue weighted by Crippen LogP contribution is 2.10. The van der Waals surface area contributed by atoms with E-state index in [0.29, 0.717) is 19.5 Å². The number of rotatable bonds is 9. The highest BCUT2D eigenvalue weighted by molar-refractivity contribution is 8.13. The lowest BCUT2D eigenvalue weighted by Crippen LogP contribution is -2.40. The van der Waals surface area contributed by atoms with Crippen molar-refractivity contribution >= 4 is 23.0 Å². The lowest BCUT2D eigenvalue weighted by atomic mass is 10.2. The first-order valence-electron chi connectivity index (χ1n) is 6.63. The number of thioether (sulfide) groups is 1. The van der Waals surface area contributed by atoms with Crippen molar-refractivity contribution in [1.82, 2.24) is 5.32 Å². The van der Waals surface area contributed by atoms with E-state index in [2.05, 4.69) is 5.32 Å². The molecule has 0 radical (unpaired) electrons. The molecule has 0 bridgehead atoms. The van der Waals surface area contributed by atoms with Gasteiger partial charge in [-0.3, -0.25) is 4.79 Å². The van der Waals surface area contributed by atoms with E-state index in [1.807, 2.05) is 30.3 Å². The summed E-state index contributed by atoms with van der Waals surface area (Å²) in [5, 5.41) is 11.4. The fourth-order valence-corrected chi connectivity index (χ4v) is 2.21. The maximum absolute atomic E-state index is 11.6. The summed E-state index contributed by atoms with van der Waals surface area (Å²) in [6.45, 7) is 1.18. The third-order valence-electron chi connectivity index (χ3n) is 2.64. The van der Waals surface area contributed by atoms with Gasteiger partial charge in [0.2, 0.25) is 0 Å². The van der Waals surface area contributed by atoms with E-state index in [-0.39, 0.29) is 12.4 Å². The summed E-state index contributed by atoms with van der Waals surface area (Å²) >= 11 is 0.854. The van der Waals surface area contributed by atoms with Crippen LogP contribution in [-0.2, 0) is 16.1 Å². The van der Waals surface area contributed by atoms with Crippen molar-refractivity contribution in [3.63, 3.8) is 0 Å². The largest absolute Gasteiger partial charge is 0.480 e. The molecule has 116 valence electrons. The summed E-state index contributed by atoms with van der Waals surface area (Å²) in [6.07, 6.45) is 0.687. The summed E-state index contributed by atoms with van der Waals surface area (Å²) < 4.78 is 5.07. The molecule has 0 saturated carbocycles. The topological polar surface area (TPSA) is 102 Å². The predicted octanol–water partition coefficient (Wildman–Crippen LogP) is 1.45. The number of aliphatic carboxylic acids is 1. The molecule has 6 nitrogen and oxygen atoms in total. The molecule has 0 unspecified atom stereocenters. The molecule has 0 aliphatic heterocycles. The Morgan fingerprint density at radius 3 is 2.67 bits per heavy atom. The Balaban J connectivity index is 2.27. The molecule has 0 aromatic heterocycles. The number of nitrogens with two attached hydrogens (primary N) is 1. The minimum atomic E-state index is -0.990. The van der Waals surface area contributed by atoms with Crippen molar-refractivity contribution < 1.29 is 19.4 Å². The van der Waals surface area contributed by atoms with E-state index < -0.39 is 17.3 Å². The molecule has 21 heavy (non-hydrogen) atoms. The zero-order valence-corrected chi connectivity index (χ0v) is 12.5. The Bertz CT molecular complexity index is 442. The Labute approximate surface area is 128 Å². The fourth-order valence-electron chi connectivity index (χ4n) is 1.51. The smallest absolute Gasteiger partial charge is 0.367 e. The predicted molar refractivity (Wildman–Crippen MR) is 82.2 cm³/mol. The maximum Gasteiger partial charge on any atom is 0.367 e. The van der Waals surface area contributed by atoms with Crippen LogP contribution in [0.2, 0.25) is 0 Å². The first kappa shape index (κ1) is 17.5. The zero-order chi connectivity index (χ0) is 15.5. The maximum atomic E-state index is 11.6. The number of ether oxygens (including phenoxy) is 1. The first-order chi connectivity index (χ1) is 10.1. The number of hydrogen-bond donors (Lipinski definition) is 3. The van der Waals surface area contributed by atoms with E-state index in [9.17, 15) is 9.59 Å². The third-order valence-corrected chi connectivity index (χ3v) is 3.49. The molecule has 1 aromatic carbocycles. The van der Waals surface area contributed by atoms with Gasteiger partial charge in [-0.15, -0.1) is 0 Å². The van der Waals surface area contributed by atoms with Crippen LogP contribution in [0.4, 0.5) is 4.79 Å². The average Bonchev–Trinajstić information content (AvgIpc) is 2.49. The van der Waals surface area contributed by atoms with Gasteiger partial charge in [-0.05, 0) is 36.8 Å². The number of carboxylic acids is 1. The van der Waals surface area contributed by atoms with E-state index in [1.165, 1.54) is 0 Å². The second-order valence-electron chi connectivity index (χ2n) is 4.32. The molecule has 0 amide bonds. The fraction of sp³-hybridized carbons (Fsp3) is 0.429. The van der Waals surface area contributed by atoms with Gasteiger partial charge in [0, 0.05) is 5.75 Å². The third kappa shape index (κ3) is 7.69. The van der Waals surface area contributed by atoms with Gasteiger partial charge in [0.15, 0.2) is 0 Å². The molecule has 0 saturated heterocycles. The van der Waals surface area contributed by atoms with E-state index >= 15 is 0 Å². The molecule has 0 aliphatic rings. The summed E-state index contributed by atoms with van der Waals surface area (Å²) in [5.41, 5.74) is 6.23. The van der Waals surface area contributed by atoms with Crippen LogP contribution in [0.15, 0.2) is 30.3 Å². The molecule has 7 heteroatoms. The summed E-state index contributed by atoms with van der Waals surface area (Å²) in [4.78, 5) is 22.6. The molecule has 0 heterocycles. The summed E-state index contributed by atoms with van der Waals surface area (Å²) in [6, 6.07) is 8.52. The standard InChI is InChI=1S/C14H20N2O4S/c15-7-4-8-16-12(13(17)18)10-21-14(19)20-9-11-5-2-1-3-6-11/h1-3,5-6,12,16H,4,7-10,15H2,(H,17,18)/t12-/m0/s1. The van der Waals surface area contributed by atoms with Crippen LogP contribution >= 0.6 is 11.8 Å². The SMILES string of the molecule is NCCCN[C@@H](CSC(=O)OCc1ccccc1)C(=O)O.